The highest BCUT2D eigenvalue weighted by Crippen LogP contribution is 2.30. The number of benzene rings is 2. The normalized spacial score (nSPS) is 10.9. The largest absolute Gasteiger partial charge is 0.504 e. The van der Waals surface area contributed by atoms with Crippen molar-refractivity contribution in [2.24, 2.45) is 5.10 Å². The molecule has 27 heavy (non-hydrogen) atoms. The quantitative estimate of drug-likeness (QED) is 0.518. The van der Waals surface area contributed by atoms with Crippen molar-refractivity contribution in [3.05, 3.63) is 64.2 Å². The molecule has 0 aliphatic heterocycles. The molecule has 2 N–H and O–H groups in total. The molecule has 0 bridgehead atoms. The van der Waals surface area contributed by atoms with Crippen molar-refractivity contribution in [1.82, 2.24) is 10.4 Å². The second kappa shape index (κ2) is 8.01. The predicted octanol–water partition coefficient (Wildman–Crippen LogP) is 3.91. The lowest BCUT2D eigenvalue weighted by molar-refractivity contribution is 0.0958. The van der Waals surface area contributed by atoms with Gasteiger partial charge in [-0.15, -0.1) is 11.3 Å². The first-order valence-electron chi connectivity index (χ1n) is 8.23. The maximum Gasteiger partial charge on any atom is 0.283 e. The van der Waals surface area contributed by atoms with Crippen LogP contribution >= 0.6 is 11.3 Å². The minimum atomic E-state index is -0.321. The van der Waals surface area contributed by atoms with E-state index in [1.807, 2.05) is 31.2 Å². The zero-order valence-corrected chi connectivity index (χ0v) is 16.0. The number of nitrogens with zero attached hydrogens (tertiary/aromatic N) is 2. The third-order valence-corrected chi connectivity index (χ3v) is 5.15. The van der Waals surface area contributed by atoms with Crippen molar-refractivity contribution in [2.75, 3.05) is 7.11 Å². The Kier molecular flexibility index (Phi) is 5.52. The summed E-state index contributed by atoms with van der Waals surface area (Å²) in [6.07, 6.45) is 1.45. The molecule has 0 unspecified atom stereocenters. The molecule has 1 aromatic heterocycles. The smallest absolute Gasteiger partial charge is 0.283 e. The molecule has 6 nitrogen and oxygen atoms in total. The van der Waals surface area contributed by atoms with Gasteiger partial charge in [-0.05, 0) is 43.2 Å². The molecule has 3 aromatic rings. The van der Waals surface area contributed by atoms with Crippen molar-refractivity contribution in [3.63, 3.8) is 0 Å². The number of aryl methyl sites for hydroxylation is 2. The van der Waals surface area contributed by atoms with E-state index in [9.17, 15) is 9.90 Å². The second-order valence-electron chi connectivity index (χ2n) is 5.88. The topological polar surface area (TPSA) is 83.8 Å². The summed E-state index contributed by atoms with van der Waals surface area (Å²) in [7, 11) is 1.48. The lowest BCUT2D eigenvalue weighted by Crippen LogP contribution is -2.17. The van der Waals surface area contributed by atoms with Crippen molar-refractivity contribution in [3.8, 4) is 22.1 Å². The third-order valence-electron chi connectivity index (χ3n) is 3.96. The highest BCUT2D eigenvalue weighted by molar-refractivity contribution is 7.17. The van der Waals surface area contributed by atoms with E-state index in [1.54, 1.807) is 19.1 Å². The van der Waals surface area contributed by atoms with E-state index in [0.29, 0.717) is 21.9 Å². The van der Waals surface area contributed by atoms with Crippen molar-refractivity contribution in [1.29, 1.82) is 0 Å². The van der Waals surface area contributed by atoms with Gasteiger partial charge in [-0.1, -0.05) is 24.3 Å². The van der Waals surface area contributed by atoms with E-state index in [4.69, 9.17) is 4.74 Å². The number of carbonyl (C=O) groups excluding carboxylic acids is 1. The van der Waals surface area contributed by atoms with Crippen molar-refractivity contribution < 1.29 is 14.6 Å². The number of hydrazone groups is 1. The molecule has 0 aliphatic rings. The Morgan fingerprint density at radius 2 is 2.04 bits per heavy atom. The van der Waals surface area contributed by atoms with Gasteiger partial charge in [0.25, 0.3) is 5.91 Å². The Morgan fingerprint density at radius 1 is 1.26 bits per heavy atom. The van der Waals surface area contributed by atoms with Gasteiger partial charge in [0.2, 0.25) is 0 Å². The molecule has 0 atom stereocenters. The molecule has 7 heteroatoms. The van der Waals surface area contributed by atoms with E-state index in [1.165, 1.54) is 30.7 Å². The van der Waals surface area contributed by atoms with E-state index in [-0.39, 0.29) is 11.7 Å². The number of nitrogens with one attached hydrogen (secondary N) is 1. The number of phenolic OH excluding ortho intramolecular Hbond substituents is 1. The molecular formula is C20H19N3O3S. The van der Waals surface area contributed by atoms with Crippen LogP contribution in [0.15, 0.2) is 47.6 Å². The second-order valence-corrected chi connectivity index (χ2v) is 6.88. The van der Waals surface area contributed by atoms with Gasteiger partial charge in [-0.25, -0.2) is 10.4 Å². The van der Waals surface area contributed by atoms with Crippen molar-refractivity contribution in [2.45, 2.75) is 13.8 Å². The number of hydrogen-bond acceptors (Lipinski definition) is 6. The third kappa shape index (κ3) is 4.15. The van der Waals surface area contributed by atoms with Crippen LogP contribution in [-0.4, -0.2) is 29.3 Å². The molecule has 3 rings (SSSR count). The van der Waals surface area contributed by atoms with E-state index in [2.05, 4.69) is 15.5 Å². The van der Waals surface area contributed by atoms with Crippen LogP contribution in [0.25, 0.3) is 10.6 Å². The molecule has 138 valence electrons. The van der Waals surface area contributed by atoms with Gasteiger partial charge in [-0.2, -0.15) is 5.10 Å². The number of aromatic nitrogens is 1. The number of hydrogen-bond donors (Lipinski definition) is 2. The SMILES string of the molecule is COc1ccc(/C=N/NC(=O)c2sc(-c3ccccc3C)nc2C)cc1O. The summed E-state index contributed by atoms with van der Waals surface area (Å²) in [5.41, 5.74) is 5.92. The summed E-state index contributed by atoms with van der Waals surface area (Å²) in [6.45, 7) is 3.82. The fraction of sp³-hybridized carbons (Fsp3) is 0.150. The molecule has 1 heterocycles. The maximum atomic E-state index is 12.4. The molecule has 0 spiro atoms. The molecule has 1 amide bonds. The highest BCUT2D eigenvalue weighted by Gasteiger charge is 2.16. The molecule has 0 saturated carbocycles. The van der Waals surface area contributed by atoms with Crippen LogP contribution in [-0.2, 0) is 0 Å². The number of carbonyl (C=O) groups is 1. The van der Waals surface area contributed by atoms with Gasteiger partial charge in [0, 0.05) is 5.56 Å². The van der Waals surface area contributed by atoms with Gasteiger partial charge < -0.3 is 9.84 Å². The standard InChI is InChI=1S/C20H19N3O3S/c1-12-6-4-5-7-15(12)20-22-13(2)18(27-20)19(25)23-21-11-14-8-9-17(26-3)16(24)10-14/h4-11,24H,1-3H3,(H,23,25)/b21-11+. The summed E-state index contributed by atoms with van der Waals surface area (Å²) < 4.78 is 4.99. The van der Waals surface area contributed by atoms with Crippen LogP contribution < -0.4 is 10.2 Å². The van der Waals surface area contributed by atoms with Crippen molar-refractivity contribution >= 4 is 23.5 Å². The van der Waals surface area contributed by atoms with Gasteiger partial charge in [0.15, 0.2) is 11.5 Å². The average molecular weight is 381 g/mol. The van der Waals surface area contributed by atoms with Crippen LogP contribution in [0.4, 0.5) is 0 Å². The molecule has 2 aromatic carbocycles. The number of amides is 1. The van der Waals surface area contributed by atoms with Gasteiger partial charge >= 0.3 is 0 Å². The van der Waals surface area contributed by atoms with Crippen LogP contribution in [0.2, 0.25) is 0 Å². The maximum absolute atomic E-state index is 12.4. The number of methoxy groups -OCH3 is 1. The minimum Gasteiger partial charge on any atom is -0.504 e. The van der Waals surface area contributed by atoms with Gasteiger partial charge in [0.1, 0.15) is 9.88 Å². The molecule has 0 saturated heterocycles. The summed E-state index contributed by atoms with van der Waals surface area (Å²) in [6, 6.07) is 12.8. The predicted molar refractivity (Wildman–Crippen MR) is 107 cm³/mol. The number of phenols is 1. The van der Waals surface area contributed by atoms with Crippen LogP contribution in [0.5, 0.6) is 11.5 Å². The monoisotopic (exact) mass is 381 g/mol. The Bertz CT molecular complexity index is 1010. The summed E-state index contributed by atoms with van der Waals surface area (Å²) >= 11 is 1.33. The van der Waals surface area contributed by atoms with Gasteiger partial charge in [0.05, 0.1) is 19.0 Å². The zero-order chi connectivity index (χ0) is 19.4. The Hall–Kier alpha value is -3.19. The molecule has 0 radical (unpaired) electrons. The van der Waals surface area contributed by atoms with Crippen LogP contribution in [0.1, 0.15) is 26.5 Å². The van der Waals surface area contributed by atoms with Crippen LogP contribution in [0.3, 0.4) is 0 Å². The number of aromatic hydroxyl groups is 1. The first kappa shape index (κ1) is 18.6. The number of rotatable bonds is 5. The number of ether oxygens (including phenoxy) is 1. The summed E-state index contributed by atoms with van der Waals surface area (Å²) in [5.74, 6) is 0.0629. The summed E-state index contributed by atoms with van der Waals surface area (Å²) in [5, 5.41) is 14.5. The minimum absolute atomic E-state index is 0.00829. The zero-order valence-electron chi connectivity index (χ0n) is 15.2. The highest BCUT2D eigenvalue weighted by atomic mass is 32.1. The first-order chi connectivity index (χ1) is 13.0. The molecule has 0 aliphatic carbocycles. The first-order valence-corrected chi connectivity index (χ1v) is 9.05. The summed E-state index contributed by atoms with van der Waals surface area (Å²) in [4.78, 5) is 17.5. The lowest BCUT2D eigenvalue weighted by atomic mass is 10.1. The Labute approximate surface area is 161 Å². The molecular weight excluding hydrogens is 362 g/mol. The fourth-order valence-corrected chi connectivity index (χ4v) is 3.59. The van der Waals surface area contributed by atoms with Gasteiger partial charge in [-0.3, -0.25) is 4.79 Å². The van der Waals surface area contributed by atoms with E-state index >= 15 is 0 Å². The fourth-order valence-electron chi connectivity index (χ4n) is 2.54. The molecule has 0 fully saturated rings. The Balaban J connectivity index is 1.73. The van der Waals surface area contributed by atoms with E-state index in [0.717, 1.165) is 16.1 Å². The van der Waals surface area contributed by atoms with Crippen LogP contribution in [0, 0.1) is 13.8 Å². The Morgan fingerprint density at radius 3 is 2.74 bits per heavy atom. The number of thiazole rings is 1. The lowest BCUT2D eigenvalue weighted by Gasteiger charge is -2.03. The van der Waals surface area contributed by atoms with E-state index < -0.39 is 0 Å². The average Bonchev–Trinajstić information content (AvgIpc) is 3.04.